The predicted molar refractivity (Wildman–Crippen MR) is 87.4 cm³/mol. The number of hydrogen-bond donors (Lipinski definition) is 2. The molecule has 2 N–H and O–H groups in total. The highest BCUT2D eigenvalue weighted by atomic mass is 16.5. The molecule has 0 radical (unpaired) electrons. The summed E-state index contributed by atoms with van der Waals surface area (Å²) in [5, 5.41) is 1.40. The zero-order valence-corrected chi connectivity index (χ0v) is 13.3. The minimum absolute atomic E-state index is 0.729. The monoisotopic (exact) mass is 297 g/mol. The number of fused-ring (bicyclic) bond motifs is 7. The number of benzene rings is 1. The van der Waals surface area contributed by atoms with E-state index in [0.717, 1.165) is 23.6 Å². The van der Waals surface area contributed by atoms with Crippen molar-refractivity contribution >= 4 is 10.9 Å². The smallest absolute Gasteiger partial charge is 0.132 e. The summed E-state index contributed by atoms with van der Waals surface area (Å²) in [7, 11) is 1.76. The molecule has 0 amide bonds. The van der Waals surface area contributed by atoms with Crippen LogP contribution >= 0.6 is 0 Å². The molecule has 3 nitrogen and oxygen atoms in total. The van der Waals surface area contributed by atoms with Gasteiger partial charge in [-0.25, -0.2) is 0 Å². The molecule has 116 valence electrons. The second-order valence-electron chi connectivity index (χ2n) is 7.48. The Morgan fingerprint density at radius 2 is 2.14 bits per heavy atom. The van der Waals surface area contributed by atoms with Crippen LogP contribution in [0.25, 0.3) is 10.9 Å². The molecule has 2 fully saturated rings. The Kier molecular flexibility index (Phi) is 2.81. The third-order valence-electron chi connectivity index (χ3n) is 6.51. The highest BCUT2D eigenvalue weighted by Crippen LogP contribution is 2.43. The summed E-state index contributed by atoms with van der Waals surface area (Å²) in [6, 6.07) is 7.22. The number of H-pyrrole nitrogens is 1. The molecule has 1 unspecified atom stereocenters. The van der Waals surface area contributed by atoms with E-state index < -0.39 is 0 Å². The van der Waals surface area contributed by atoms with E-state index >= 15 is 0 Å². The van der Waals surface area contributed by atoms with E-state index in [1.165, 1.54) is 56.1 Å². The Bertz CT molecular complexity index is 720. The molecule has 5 rings (SSSR count). The molecule has 1 aromatic heterocycles. The van der Waals surface area contributed by atoms with Gasteiger partial charge in [-0.15, -0.1) is 0 Å². The van der Waals surface area contributed by atoms with Gasteiger partial charge in [0, 0.05) is 29.2 Å². The highest BCUT2D eigenvalue weighted by Gasteiger charge is 2.50. The first-order chi connectivity index (χ1) is 10.8. The summed E-state index contributed by atoms with van der Waals surface area (Å²) in [6.45, 7) is 2.72. The lowest BCUT2D eigenvalue weighted by atomic mass is 9.77. The van der Waals surface area contributed by atoms with Crippen molar-refractivity contribution in [2.24, 2.45) is 11.8 Å². The van der Waals surface area contributed by atoms with Crippen molar-refractivity contribution in [1.82, 2.24) is 4.98 Å². The number of aromatic amines is 1. The molecule has 0 spiro atoms. The Balaban J connectivity index is 1.64. The molecule has 2 aromatic rings. The van der Waals surface area contributed by atoms with Gasteiger partial charge in [-0.3, -0.25) is 0 Å². The number of ether oxygens (including phenoxy) is 1. The number of rotatable bonds is 1. The van der Waals surface area contributed by atoms with Crippen molar-refractivity contribution in [3.8, 4) is 5.75 Å². The van der Waals surface area contributed by atoms with Crippen LogP contribution in [-0.2, 0) is 6.42 Å². The Morgan fingerprint density at radius 1 is 1.23 bits per heavy atom. The number of hydrogen-bond acceptors (Lipinski definition) is 1. The van der Waals surface area contributed by atoms with Crippen molar-refractivity contribution in [3.63, 3.8) is 0 Å². The van der Waals surface area contributed by atoms with Crippen molar-refractivity contribution in [2.45, 2.75) is 38.1 Å². The molecular weight excluding hydrogens is 272 g/mol. The lowest BCUT2D eigenvalue weighted by Crippen LogP contribution is -3.11. The summed E-state index contributed by atoms with van der Waals surface area (Å²) < 4.78 is 5.44. The maximum atomic E-state index is 5.44. The van der Waals surface area contributed by atoms with Crippen LogP contribution in [0.1, 0.15) is 43.0 Å². The fraction of sp³-hybridized carbons (Fsp3) is 0.579. The first-order valence-electron chi connectivity index (χ1n) is 8.88. The maximum absolute atomic E-state index is 5.44. The fourth-order valence-corrected chi connectivity index (χ4v) is 5.57. The first-order valence-corrected chi connectivity index (χ1v) is 8.88. The Hall–Kier alpha value is -1.48. The molecule has 1 aliphatic carbocycles. The minimum Gasteiger partial charge on any atom is -0.497 e. The molecule has 3 aliphatic rings. The number of methoxy groups -OCH3 is 1. The number of quaternary nitrogens is 1. The SMILES string of the molecule is COc1ccc2[nH]c3c(c2c1)CC[NH+]1C[C@H]2CCCC[C@H]2[C@@H]31. The Morgan fingerprint density at radius 3 is 3.05 bits per heavy atom. The average molecular weight is 297 g/mol. The zero-order chi connectivity index (χ0) is 14.7. The van der Waals surface area contributed by atoms with Gasteiger partial charge in [0.05, 0.1) is 25.9 Å². The quantitative estimate of drug-likeness (QED) is 0.832. The van der Waals surface area contributed by atoms with E-state index in [-0.39, 0.29) is 0 Å². The van der Waals surface area contributed by atoms with Gasteiger partial charge in [0.2, 0.25) is 0 Å². The third kappa shape index (κ3) is 1.72. The van der Waals surface area contributed by atoms with E-state index in [9.17, 15) is 0 Å². The van der Waals surface area contributed by atoms with Gasteiger partial charge in [0.1, 0.15) is 11.8 Å². The molecule has 0 bridgehead atoms. The summed E-state index contributed by atoms with van der Waals surface area (Å²) in [5.41, 5.74) is 4.43. The summed E-state index contributed by atoms with van der Waals surface area (Å²) in [4.78, 5) is 5.65. The highest BCUT2D eigenvalue weighted by molar-refractivity contribution is 5.86. The van der Waals surface area contributed by atoms with Crippen molar-refractivity contribution < 1.29 is 9.64 Å². The lowest BCUT2D eigenvalue weighted by Gasteiger charge is -2.30. The molecule has 2 aliphatic heterocycles. The minimum atomic E-state index is 0.729. The molecule has 3 heterocycles. The van der Waals surface area contributed by atoms with Crippen LogP contribution in [0, 0.1) is 11.8 Å². The van der Waals surface area contributed by atoms with Crippen molar-refractivity contribution in [1.29, 1.82) is 0 Å². The molecule has 4 atom stereocenters. The summed E-state index contributed by atoms with van der Waals surface area (Å²) >= 11 is 0. The Labute approximate surface area is 131 Å². The maximum Gasteiger partial charge on any atom is 0.132 e. The van der Waals surface area contributed by atoms with Crippen molar-refractivity contribution in [3.05, 3.63) is 29.5 Å². The number of nitrogens with one attached hydrogen (secondary N) is 2. The first kappa shape index (κ1) is 13.0. The van der Waals surface area contributed by atoms with E-state index in [4.69, 9.17) is 4.74 Å². The van der Waals surface area contributed by atoms with Gasteiger partial charge in [-0.05, 0) is 36.6 Å². The standard InChI is InChI=1S/C19H24N2O/c1-22-13-6-7-17-16(10-13)15-8-9-21-11-12-4-2-3-5-14(12)19(21)18(15)20-17/h6-7,10,12,14,19-20H,2-5,8-9,11H2,1H3/p+1/t12-,14-,19+/m1/s1. The molecule has 3 heteroatoms. The topological polar surface area (TPSA) is 29.5 Å². The van der Waals surface area contributed by atoms with Crippen LogP contribution in [0.15, 0.2) is 18.2 Å². The van der Waals surface area contributed by atoms with Gasteiger partial charge in [0.15, 0.2) is 0 Å². The van der Waals surface area contributed by atoms with Crippen LogP contribution in [0.5, 0.6) is 5.75 Å². The summed E-state index contributed by atoms with van der Waals surface area (Å²) in [5.74, 6) is 2.87. The summed E-state index contributed by atoms with van der Waals surface area (Å²) in [6.07, 6.45) is 7.02. The van der Waals surface area contributed by atoms with Gasteiger partial charge < -0.3 is 14.6 Å². The van der Waals surface area contributed by atoms with Gasteiger partial charge in [-0.2, -0.15) is 0 Å². The lowest BCUT2D eigenvalue weighted by molar-refractivity contribution is -0.924. The average Bonchev–Trinajstić information content (AvgIpc) is 3.11. The van der Waals surface area contributed by atoms with E-state index in [2.05, 4.69) is 23.2 Å². The number of aromatic nitrogens is 1. The molecule has 1 saturated carbocycles. The molecule has 1 aromatic carbocycles. The van der Waals surface area contributed by atoms with Crippen LogP contribution in [-0.4, -0.2) is 25.2 Å². The zero-order valence-electron chi connectivity index (χ0n) is 13.3. The van der Waals surface area contributed by atoms with E-state index in [1.807, 2.05) is 4.90 Å². The van der Waals surface area contributed by atoms with Crippen molar-refractivity contribution in [2.75, 3.05) is 20.2 Å². The van der Waals surface area contributed by atoms with E-state index in [1.54, 1.807) is 18.4 Å². The fourth-order valence-electron chi connectivity index (χ4n) is 5.57. The largest absolute Gasteiger partial charge is 0.497 e. The van der Waals surface area contributed by atoms with E-state index in [0.29, 0.717) is 0 Å². The van der Waals surface area contributed by atoms with Crippen LogP contribution in [0.4, 0.5) is 0 Å². The van der Waals surface area contributed by atoms with Gasteiger partial charge in [-0.1, -0.05) is 12.8 Å². The van der Waals surface area contributed by atoms with Gasteiger partial charge in [0.25, 0.3) is 0 Å². The third-order valence-corrected chi connectivity index (χ3v) is 6.51. The van der Waals surface area contributed by atoms with Crippen LogP contribution in [0.2, 0.25) is 0 Å². The second kappa shape index (κ2) is 4.76. The van der Waals surface area contributed by atoms with Crippen LogP contribution < -0.4 is 9.64 Å². The molecular formula is C19H25N2O+. The molecule has 22 heavy (non-hydrogen) atoms. The normalized spacial score (nSPS) is 33.3. The van der Waals surface area contributed by atoms with Gasteiger partial charge >= 0.3 is 0 Å². The van der Waals surface area contributed by atoms with Crippen LogP contribution in [0.3, 0.4) is 0 Å². The predicted octanol–water partition coefficient (Wildman–Crippen LogP) is 2.48. The molecule has 1 saturated heterocycles. The second-order valence-corrected chi connectivity index (χ2v) is 7.48.